The molecule has 2 heterocycles. The highest BCUT2D eigenvalue weighted by molar-refractivity contribution is 5.93. The van der Waals surface area contributed by atoms with Crippen molar-refractivity contribution in [3.05, 3.63) is 30.1 Å². The van der Waals surface area contributed by atoms with Crippen LogP contribution in [0, 0.1) is 0 Å². The summed E-state index contributed by atoms with van der Waals surface area (Å²) in [5.41, 5.74) is 1.16. The average molecular weight is 302 g/mol. The largest absolute Gasteiger partial charge is 0.496 e. The quantitative estimate of drug-likeness (QED) is 0.795. The van der Waals surface area contributed by atoms with Gasteiger partial charge < -0.3 is 19.3 Å². The van der Waals surface area contributed by atoms with E-state index in [0.29, 0.717) is 28.4 Å². The molecule has 0 saturated heterocycles. The van der Waals surface area contributed by atoms with Crippen LogP contribution in [0.4, 0.5) is 0 Å². The van der Waals surface area contributed by atoms with Gasteiger partial charge in [-0.05, 0) is 6.07 Å². The van der Waals surface area contributed by atoms with Gasteiger partial charge in [-0.15, -0.1) is 0 Å². The molecular formula is C15H14N2O5. The predicted octanol–water partition coefficient (Wildman–Crippen LogP) is 2.21. The molecule has 114 valence electrons. The van der Waals surface area contributed by atoms with E-state index < -0.39 is 5.97 Å². The summed E-state index contributed by atoms with van der Waals surface area (Å²) in [7, 11) is 4.63. The molecule has 0 unspecified atom stereocenters. The first-order valence-electron chi connectivity index (χ1n) is 6.44. The van der Waals surface area contributed by atoms with Crippen molar-refractivity contribution >= 4 is 22.5 Å². The predicted molar refractivity (Wildman–Crippen MR) is 79.3 cm³/mol. The Morgan fingerprint density at radius 2 is 1.68 bits per heavy atom. The molecule has 0 aliphatic rings. The number of pyridine rings is 1. The zero-order valence-corrected chi connectivity index (χ0v) is 12.3. The Kier molecular flexibility index (Phi) is 3.25. The van der Waals surface area contributed by atoms with E-state index >= 15 is 0 Å². The number of carbonyl (C=O) groups is 1. The Hall–Kier alpha value is -2.96. The molecule has 0 aliphatic carbocycles. The van der Waals surface area contributed by atoms with Crippen molar-refractivity contribution in [2.75, 3.05) is 21.3 Å². The normalized spacial score (nSPS) is 10.9. The van der Waals surface area contributed by atoms with Gasteiger partial charge in [0.2, 0.25) is 0 Å². The molecule has 0 atom stereocenters. The van der Waals surface area contributed by atoms with E-state index in [0.717, 1.165) is 5.39 Å². The van der Waals surface area contributed by atoms with Crippen molar-refractivity contribution in [2.24, 2.45) is 0 Å². The maximum atomic E-state index is 11.1. The van der Waals surface area contributed by atoms with Gasteiger partial charge in [-0.1, -0.05) is 0 Å². The lowest BCUT2D eigenvalue weighted by atomic mass is 10.1. The van der Waals surface area contributed by atoms with E-state index in [9.17, 15) is 4.79 Å². The summed E-state index contributed by atoms with van der Waals surface area (Å²) in [4.78, 5) is 15.2. The molecule has 0 radical (unpaired) electrons. The molecule has 7 nitrogen and oxygen atoms in total. The van der Waals surface area contributed by atoms with Gasteiger partial charge in [0, 0.05) is 23.7 Å². The summed E-state index contributed by atoms with van der Waals surface area (Å²) in [5, 5.41) is 9.88. The summed E-state index contributed by atoms with van der Waals surface area (Å²) in [6.45, 7) is 0. The number of carboxylic acid groups (broad SMARTS) is 1. The van der Waals surface area contributed by atoms with Crippen LogP contribution in [0.1, 0.15) is 10.5 Å². The van der Waals surface area contributed by atoms with Crippen molar-refractivity contribution in [1.82, 2.24) is 9.38 Å². The third-order valence-electron chi connectivity index (χ3n) is 3.46. The Bertz CT molecular complexity index is 885. The third kappa shape index (κ3) is 1.98. The fourth-order valence-electron chi connectivity index (χ4n) is 2.42. The van der Waals surface area contributed by atoms with E-state index in [1.54, 1.807) is 36.8 Å². The number of rotatable bonds is 4. The minimum Gasteiger partial charge on any atom is -0.496 e. The molecule has 1 aromatic carbocycles. The molecule has 3 rings (SSSR count). The second-order valence-electron chi connectivity index (χ2n) is 4.60. The molecule has 3 aromatic rings. The topological polar surface area (TPSA) is 82.3 Å². The minimum atomic E-state index is -1.09. The number of aromatic carboxylic acids is 1. The van der Waals surface area contributed by atoms with Gasteiger partial charge in [-0.3, -0.25) is 4.40 Å². The van der Waals surface area contributed by atoms with Crippen LogP contribution in [0.15, 0.2) is 24.4 Å². The van der Waals surface area contributed by atoms with Crippen molar-refractivity contribution in [3.63, 3.8) is 0 Å². The fraction of sp³-hybridized carbons (Fsp3) is 0.200. The Morgan fingerprint density at radius 1 is 1.05 bits per heavy atom. The van der Waals surface area contributed by atoms with Crippen LogP contribution in [0.2, 0.25) is 0 Å². The molecule has 7 heteroatoms. The fourth-order valence-corrected chi connectivity index (χ4v) is 2.42. The molecule has 0 aliphatic heterocycles. The smallest absolute Gasteiger partial charge is 0.356 e. The first-order valence-corrected chi connectivity index (χ1v) is 6.44. The molecule has 22 heavy (non-hydrogen) atoms. The van der Waals surface area contributed by atoms with Crippen molar-refractivity contribution in [2.45, 2.75) is 0 Å². The maximum Gasteiger partial charge on any atom is 0.356 e. The van der Waals surface area contributed by atoms with Gasteiger partial charge >= 0.3 is 5.97 Å². The van der Waals surface area contributed by atoms with Gasteiger partial charge in [-0.25, -0.2) is 9.78 Å². The Morgan fingerprint density at radius 3 is 2.27 bits per heavy atom. The maximum absolute atomic E-state index is 11.1. The highest BCUT2D eigenvalue weighted by Crippen LogP contribution is 2.37. The van der Waals surface area contributed by atoms with Crippen LogP contribution in [0.25, 0.3) is 16.6 Å². The van der Waals surface area contributed by atoms with Crippen LogP contribution in [-0.4, -0.2) is 41.8 Å². The lowest BCUT2D eigenvalue weighted by molar-refractivity contribution is 0.0691. The summed E-state index contributed by atoms with van der Waals surface area (Å²) in [5.74, 6) is 0.587. The standard InChI is InChI=1S/C15H14N2O5/c1-20-11-6-14-16-9(15(18)19)7-17(14)10-5-13(22-3)12(21-2)4-8(10)11/h4-7H,1-3H3,(H,18,19). The lowest BCUT2D eigenvalue weighted by Gasteiger charge is -2.12. The van der Waals surface area contributed by atoms with Crippen molar-refractivity contribution in [1.29, 1.82) is 0 Å². The van der Waals surface area contributed by atoms with Crippen molar-refractivity contribution in [3.8, 4) is 17.2 Å². The summed E-state index contributed by atoms with van der Waals surface area (Å²) >= 11 is 0. The molecule has 1 N–H and O–H groups in total. The van der Waals surface area contributed by atoms with Crippen LogP contribution < -0.4 is 14.2 Å². The van der Waals surface area contributed by atoms with Crippen LogP contribution >= 0.6 is 0 Å². The summed E-state index contributed by atoms with van der Waals surface area (Å²) in [6.07, 6.45) is 1.46. The molecule has 2 aromatic heterocycles. The summed E-state index contributed by atoms with van der Waals surface area (Å²) < 4.78 is 17.7. The molecule has 0 amide bonds. The third-order valence-corrected chi connectivity index (χ3v) is 3.46. The number of hydrogen-bond acceptors (Lipinski definition) is 5. The van der Waals surface area contributed by atoms with E-state index in [1.165, 1.54) is 13.3 Å². The second kappa shape index (κ2) is 5.10. The molecule has 0 bridgehead atoms. The first-order chi connectivity index (χ1) is 10.6. The van der Waals surface area contributed by atoms with Gasteiger partial charge in [0.1, 0.15) is 11.4 Å². The average Bonchev–Trinajstić information content (AvgIpc) is 2.97. The van der Waals surface area contributed by atoms with Gasteiger partial charge in [0.25, 0.3) is 0 Å². The highest BCUT2D eigenvalue weighted by Gasteiger charge is 2.16. The van der Waals surface area contributed by atoms with Crippen LogP contribution in [-0.2, 0) is 0 Å². The highest BCUT2D eigenvalue weighted by atomic mass is 16.5. The molecule has 0 fully saturated rings. The molecular weight excluding hydrogens is 288 g/mol. The monoisotopic (exact) mass is 302 g/mol. The van der Waals surface area contributed by atoms with E-state index in [1.807, 2.05) is 0 Å². The van der Waals surface area contributed by atoms with E-state index in [4.69, 9.17) is 19.3 Å². The molecule has 0 saturated carbocycles. The number of imidazole rings is 1. The molecule has 0 spiro atoms. The van der Waals surface area contributed by atoms with Crippen molar-refractivity contribution < 1.29 is 24.1 Å². The first kappa shape index (κ1) is 14.0. The number of hydrogen-bond donors (Lipinski definition) is 1. The number of ether oxygens (including phenoxy) is 3. The Labute approximate surface area is 125 Å². The van der Waals surface area contributed by atoms with Gasteiger partial charge in [0.05, 0.1) is 26.8 Å². The SMILES string of the molecule is COc1cc2c(OC)cc3nc(C(=O)O)cn3c2cc1OC. The van der Waals surface area contributed by atoms with Gasteiger partial charge in [-0.2, -0.15) is 0 Å². The van der Waals surface area contributed by atoms with Gasteiger partial charge in [0.15, 0.2) is 17.2 Å². The van der Waals surface area contributed by atoms with Crippen LogP contribution in [0.5, 0.6) is 17.2 Å². The lowest BCUT2D eigenvalue weighted by Crippen LogP contribution is -1.96. The Balaban J connectivity index is 2.45. The summed E-state index contributed by atoms with van der Waals surface area (Å²) in [6, 6.07) is 5.23. The number of aromatic nitrogens is 2. The number of fused-ring (bicyclic) bond motifs is 3. The van der Waals surface area contributed by atoms with E-state index in [2.05, 4.69) is 4.98 Å². The number of nitrogens with zero attached hydrogens (tertiary/aromatic N) is 2. The van der Waals surface area contributed by atoms with Crippen LogP contribution in [0.3, 0.4) is 0 Å². The zero-order chi connectivity index (χ0) is 15.9. The number of carboxylic acids is 1. The number of benzene rings is 1. The minimum absolute atomic E-state index is 0.0377. The zero-order valence-electron chi connectivity index (χ0n) is 12.3. The second-order valence-corrected chi connectivity index (χ2v) is 4.60. The number of methoxy groups -OCH3 is 3. The van der Waals surface area contributed by atoms with E-state index in [-0.39, 0.29) is 5.69 Å².